The smallest absolute Gasteiger partial charge is 0.307 e. The molecule has 3 nitrogen and oxygen atoms in total. The number of aldehydes is 1. The van der Waals surface area contributed by atoms with Crippen LogP contribution in [0.5, 0.6) is 0 Å². The number of hydrogen-bond donors (Lipinski definition) is 1. The van der Waals surface area contributed by atoms with E-state index in [2.05, 4.69) is 0 Å². The van der Waals surface area contributed by atoms with Crippen molar-refractivity contribution in [3.8, 4) is 0 Å². The van der Waals surface area contributed by atoms with E-state index in [1.807, 2.05) is 0 Å². The van der Waals surface area contributed by atoms with E-state index in [0.717, 1.165) is 5.56 Å². The Labute approximate surface area is 92.0 Å². The third-order valence-electron chi connectivity index (χ3n) is 1.79. The summed E-state index contributed by atoms with van der Waals surface area (Å²) in [6, 6.07) is 4.98. The molecule has 0 amide bonds. The van der Waals surface area contributed by atoms with E-state index in [1.165, 1.54) is 6.08 Å². The third kappa shape index (κ3) is 3.56. The molecule has 78 valence electrons. The van der Waals surface area contributed by atoms with Crippen LogP contribution in [0.4, 0.5) is 0 Å². The van der Waals surface area contributed by atoms with Crippen molar-refractivity contribution < 1.29 is 14.7 Å². The van der Waals surface area contributed by atoms with E-state index in [-0.39, 0.29) is 6.42 Å². The Hall–Kier alpha value is -1.61. The lowest BCUT2D eigenvalue weighted by molar-refractivity contribution is -0.136. The van der Waals surface area contributed by atoms with Crippen LogP contribution in [0.3, 0.4) is 0 Å². The van der Waals surface area contributed by atoms with Crippen LogP contribution in [0.1, 0.15) is 11.1 Å². The zero-order valence-corrected chi connectivity index (χ0v) is 8.57. The summed E-state index contributed by atoms with van der Waals surface area (Å²) in [6.45, 7) is 0. The van der Waals surface area contributed by atoms with Gasteiger partial charge in [-0.3, -0.25) is 9.59 Å². The maximum atomic E-state index is 10.5. The number of hydrogen-bond acceptors (Lipinski definition) is 2. The standard InChI is InChI=1S/C11H9ClO3/c12-10-6-8(2-1-5-13)3-4-9(10)7-11(14)15/h1-6H,7H2,(H,14,15). The van der Waals surface area contributed by atoms with Crippen LogP contribution in [-0.4, -0.2) is 17.4 Å². The van der Waals surface area contributed by atoms with Crippen LogP contribution in [-0.2, 0) is 16.0 Å². The monoisotopic (exact) mass is 224 g/mol. The minimum Gasteiger partial charge on any atom is -0.481 e. The summed E-state index contributed by atoms with van der Waals surface area (Å²) in [6.07, 6.45) is 3.52. The fourth-order valence-corrected chi connectivity index (χ4v) is 1.38. The molecule has 0 aliphatic heterocycles. The van der Waals surface area contributed by atoms with Gasteiger partial charge in [0.1, 0.15) is 6.29 Å². The molecule has 0 aliphatic rings. The normalized spacial score (nSPS) is 10.5. The summed E-state index contributed by atoms with van der Waals surface area (Å²) in [4.78, 5) is 20.5. The van der Waals surface area contributed by atoms with Gasteiger partial charge >= 0.3 is 5.97 Å². The quantitative estimate of drug-likeness (QED) is 0.630. The van der Waals surface area contributed by atoms with Crippen molar-refractivity contribution in [1.29, 1.82) is 0 Å². The maximum Gasteiger partial charge on any atom is 0.307 e. The van der Waals surface area contributed by atoms with Gasteiger partial charge in [-0.15, -0.1) is 0 Å². The van der Waals surface area contributed by atoms with Crippen molar-refractivity contribution in [3.63, 3.8) is 0 Å². The lowest BCUT2D eigenvalue weighted by Crippen LogP contribution is -2.00. The van der Waals surface area contributed by atoms with E-state index in [0.29, 0.717) is 16.9 Å². The minimum absolute atomic E-state index is 0.101. The van der Waals surface area contributed by atoms with Crippen molar-refractivity contribution in [2.45, 2.75) is 6.42 Å². The first kappa shape index (κ1) is 11.5. The highest BCUT2D eigenvalue weighted by Crippen LogP contribution is 2.19. The summed E-state index contributed by atoms with van der Waals surface area (Å²) in [7, 11) is 0. The molecule has 1 rings (SSSR count). The Kier molecular flexibility index (Phi) is 4.06. The fourth-order valence-electron chi connectivity index (χ4n) is 1.12. The van der Waals surface area contributed by atoms with Gasteiger partial charge in [0, 0.05) is 5.02 Å². The maximum absolute atomic E-state index is 10.5. The number of rotatable bonds is 4. The first-order chi connectivity index (χ1) is 7.13. The lowest BCUT2D eigenvalue weighted by atomic mass is 10.1. The van der Waals surface area contributed by atoms with Gasteiger partial charge in [0.05, 0.1) is 6.42 Å². The SMILES string of the molecule is O=CC=Cc1ccc(CC(=O)O)c(Cl)c1. The third-order valence-corrected chi connectivity index (χ3v) is 2.14. The first-order valence-electron chi connectivity index (χ1n) is 4.25. The number of benzene rings is 1. The number of carboxylic acids is 1. The van der Waals surface area contributed by atoms with Crippen molar-refractivity contribution in [2.24, 2.45) is 0 Å². The zero-order chi connectivity index (χ0) is 11.3. The van der Waals surface area contributed by atoms with E-state index in [4.69, 9.17) is 16.7 Å². The summed E-state index contributed by atoms with van der Waals surface area (Å²) in [5, 5.41) is 8.98. The van der Waals surface area contributed by atoms with Gasteiger partial charge in [0.25, 0.3) is 0 Å². The molecule has 0 bridgehead atoms. The van der Waals surface area contributed by atoms with Gasteiger partial charge < -0.3 is 5.11 Å². The highest BCUT2D eigenvalue weighted by Gasteiger charge is 2.05. The molecule has 1 aromatic rings. The Morgan fingerprint density at radius 3 is 2.73 bits per heavy atom. The van der Waals surface area contributed by atoms with Crippen molar-refractivity contribution in [2.75, 3.05) is 0 Å². The van der Waals surface area contributed by atoms with E-state index in [9.17, 15) is 9.59 Å². The molecule has 0 saturated heterocycles. The van der Waals surface area contributed by atoms with Crippen molar-refractivity contribution in [3.05, 3.63) is 40.4 Å². The zero-order valence-electron chi connectivity index (χ0n) is 7.81. The number of carbonyl (C=O) groups excluding carboxylic acids is 1. The number of aliphatic carboxylic acids is 1. The van der Waals surface area contributed by atoms with Crippen LogP contribution in [0.15, 0.2) is 24.3 Å². The van der Waals surface area contributed by atoms with Gasteiger partial charge in [-0.05, 0) is 23.3 Å². The summed E-state index contributed by atoms with van der Waals surface area (Å²) >= 11 is 5.87. The molecule has 0 unspecified atom stereocenters. The second-order valence-corrected chi connectivity index (χ2v) is 3.32. The Bertz CT molecular complexity index is 410. The van der Waals surface area contributed by atoms with Crippen molar-refractivity contribution >= 4 is 29.9 Å². The average Bonchev–Trinajstić information content (AvgIpc) is 2.18. The summed E-state index contributed by atoms with van der Waals surface area (Å²) in [5.74, 6) is -0.923. The largest absolute Gasteiger partial charge is 0.481 e. The predicted octanol–water partition coefficient (Wildman–Crippen LogP) is 2.18. The molecule has 0 radical (unpaired) electrons. The predicted molar refractivity (Wildman–Crippen MR) is 57.9 cm³/mol. The molecule has 0 heterocycles. The number of allylic oxidation sites excluding steroid dienone is 1. The Balaban J connectivity index is 2.92. The van der Waals surface area contributed by atoms with Gasteiger partial charge in [-0.1, -0.05) is 29.8 Å². The van der Waals surface area contributed by atoms with Crippen LogP contribution in [0, 0.1) is 0 Å². The summed E-state index contributed by atoms with van der Waals surface area (Å²) in [5.41, 5.74) is 1.33. The van der Waals surface area contributed by atoms with E-state index < -0.39 is 5.97 Å². The molecule has 0 saturated carbocycles. The molecular weight excluding hydrogens is 216 g/mol. The van der Waals surface area contributed by atoms with E-state index in [1.54, 1.807) is 24.3 Å². The molecule has 1 aromatic carbocycles. The molecule has 0 fully saturated rings. The van der Waals surface area contributed by atoms with Gasteiger partial charge in [-0.25, -0.2) is 0 Å². The number of halogens is 1. The molecule has 4 heteroatoms. The van der Waals surface area contributed by atoms with E-state index >= 15 is 0 Å². The molecule has 0 aromatic heterocycles. The molecule has 0 spiro atoms. The minimum atomic E-state index is -0.923. The second-order valence-electron chi connectivity index (χ2n) is 2.92. The van der Waals surface area contributed by atoms with Crippen molar-refractivity contribution in [1.82, 2.24) is 0 Å². The molecular formula is C11H9ClO3. The van der Waals surface area contributed by atoms with Crippen LogP contribution >= 0.6 is 11.6 Å². The van der Waals surface area contributed by atoms with Crippen LogP contribution < -0.4 is 0 Å². The molecule has 1 N–H and O–H groups in total. The van der Waals surface area contributed by atoms with Gasteiger partial charge in [0.15, 0.2) is 0 Å². The second kappa shape index (κ2) is 5.32. The molecule has 0 atom stereocenters. The fraction of sp³-hybridized carbons (Fsp3) is 0.0909. The number of carboxylic acid groups (broad SMARTS) is 1. The Morgan fingerprint density at radius 2 is 2.20 bits per heavy atom. The average molecular weight is 225 g/mol. The highest BCUT2D eigenvalue weighted by molar-refractivity contribution is 6.31. The highest BCUT2D eigenvalue weighted by atomic mass is 35.5. The topological polar surface area (TPSA) is 54.4 Å². The van der Waals surface area contributed by atoms with Crippen LogP contribution in [0.25, 0.3) is 6.08 Å². The molecule has 0 aliphatic carbocycles. The van der Waals surface area contributed by atoms with Gasteiger partial charge in [0.2, 0.25) is 0 Å². The first-order valence-corrected chi connectivity index (χ1v) is 4.63. The molecule has 15 heavy (non-hydrogen) atoms. The Morgan fingerprint density at radius 1 is 1.47 bits per heavy atom. The van der Waals surface area contributed by atoms with Gasteiger partial charge in [-0.2, -0.15) is 0 Å². The lowest BCUT2D eigenvalue weighted by Gasteiger charge is -2.01. The van der Waals surface area contributed by atoms with Crippen LogP contribution in [0.2, 0.25) is 5.02 Å². The number of carbonyl (C=O) groups is 2. The summed E-state index contributed by atoms with van der Waals surface area (Å²) < 4.78 is 0.